The Bertz CT molecular complexity index is 485. The van der Waals surface area contributed by atoms with Crippen molar-refractivity contribution in [3.8, 4) is 0 Å². The molecule has 0 saturated heterocycles. The van der Waals surface area contributed by atoms with Crippen LogP contribution in [0, 0.1) is 0 Å². The van der Waals surface area contributed by atoms with Crippen LogP contribution in [0.15, 0.2) is 22.3 Å². The molecule has 2 rings (SSSR count). The van der Waals surface area contributed by atoms with Gasteiger partial charge in [0.25, 0.3) is 5.56 Å². The zero-order chi connectivity index (χ0) is 8.72. The van der Waals surface area contributed by atoms with Crippen molar-refractivity contribution in [2.45, 2.75) is 0 Å². The minimum Gasteiger partial charge on any atom is -0.310 e. The average Bonchev–Trinajstić information content (AvgIpc) is 2.48. The summed E-state index contributed by atoms with van der Waals surface area (Å²) in [5, 5.41) is 2.47. The zero-order valence-corrected chi connectivity index (χ0v) is 7.95. The Morgan fingerprint density at radius 3 is 3.08 bits per heavy atom. The second kappa shape index (κ2) is 2.61. The van der Waals surface area contributed by atoms with E-state index in [1.54, 1.807) is 23.0 Å². The van der Waals surface area contributed by atoms with E-state index in [2.05, 4.69) is 0 Å². The van der Waals surface area contributed by atoms with Gasteiger partial charge >= 0.3 is 0 Å². The van der Waals surface area contributed by atoms with Crippen LogP contribution < -0.4 is 5.56 Å². The average molecular weight is 200 g/mol. The maximum absolute atomic E-state index is 11.2. The minimum atomic E-state index is -0.0640. The molecule has 0 N–H and O–H groups in total. The van der Waals surface area contributed by atoms with Crippen molar-refractivity contribution in [1.82, 2.24) is 4.57 Å². The molecule has 4 heteroatoms. The van der Waals surface area contributed by atoms with E-state index in [1.165, 1.54) is 6.07 Å². The Hall–Kier alpha value is -0.800. The summed E-state index contributed by atoms with van der Waals surface area (Å²) in [4.78, 5) is 11.2. The summed E-state index contributed by atoms with van der Waals surface area (Å²) < 4.78 is 2.57. The molecular weight excluding hydrogens is 194 g/mol. The lowest BCUT2D eigenvalue weighted by Crippen LogP contribution is -2.14. The van der Waals surface area contributed by atoms with Gasteiger partial charge in [-0.25, -0.2) is 0 Å². The lowest BCUT2D eigenvalue weighted by molar-refractivity contribution is 0.908. The number of hydrogen-bond acceptors (Lipinski definition) is 2. The number of pyridine rings is 1. The number of fused-ring (bicyclic) bond motifs is 1. The first kappa shape index (κ1) is 7.83. The molecule has 62 valence electrons. The van der Waals surface area contributed by atoms with Crippen LogP contribution in [-0.4, -0.2) is 4.57 Å². The fourth-order valence-electron chi connectivity index (χ4n) is 1.13. The van der Waals surface area contributed by atoms with Gasteiger partial charge in [-0.1, -0.05) is 11.6 Å². The standard InChI is InChI=1S/C8H6ClNOS/c1-10-6-2-3-12-8(6)5(9)4-7(10)11/h2-4H,1H3. The van der Waals surface area contributed by atoms with Gasteiger partial charge in [-0.05, 0) is 11.4 Å². The summed E-state index contributed by atoms with van der Waals surface area (Å²) in [6.45, 7) is 0. The molecule has 2 aromatic rings. The molecule has 0 saturated carbocycles. The summed E-state index contributed by atoms with van der Waals surface area (Å²) in [6, 6.07) is 3.34. The number of thiophene rings is 1. The van der Waals surface area contributed by atoms with Crippen LogP contribution in [0.3, 0.4) is 0 Å². The molecule has 0 aliphatic carbocycles. The van der Waals surface area contributed by atoms with Crippen molar-refractivity contribution >= 4 is 33.2 Å². The van der Waals surface area contributed by atoms with Gasteiger partial charge in [0.1, 0.15) is 0 Å². The highest BCUT2D eigenvalue weighted by molar-refractivity contribution is 7.17. The maximum atomic E-state index is 11.2. The van der Waals surface area contributed by atoms with Gasteiger partial charge in [0, 0.05) is 13.1 Å². The smallest absolute Gasteiger partial charge is 0.252 e. The lowest BCUT2D eigenvalue weighted by Gasteiger charge is -1.99. The molecule has 0 radical (unpaired) electrons. The van der Waals surface area contributed by atoms with Crippen molar-refractivity contribution < 1.29 is 0 Å². The molecule has 0 fully saturated rings. The number of rotatable bonds is 0. The van der Waals surface area contributed by atoms with Crippen LogP contribution >= 0.6 is 22.9 Å². The number of hydrogen-bond donors (Lipinski definition) is 0. The molecule has 0 atom stereocenters. The molecule has 0 amide bonds. The molecule has 2 aromatic heterocycles. The van der Waals surface area contributed by atoms with E-state index in [9.17, 15) is 4.79 Å². The van der Waals surface area contributed by atoms with Gasteiger partial charge in [-0.15, -0.1) is 11.3 Å². The quantitative estimate of drug-likeness (QED) is 0.638. The van der Waals surface area contributed by atoms with Crippen LogP contribution in [0.25, 0.3) is 10.2 Å². The minimum absolute atomic E-state index is 0.0640. The predicted octanol–water partition coefficient (Wildman–Crippen LogP) is 2.25. The number of aryl methyl sites for hydroxylation is 1. The second-order valence-corrected chi connectivity index (χ2v) is 3.85. The molecule has 12 heavy (non-hydrogen) atoms. The third-order valence-corrected chi connectivity index (χ3v) is 3.15. The summed E-state index contributed by atoms with van der Waals surface area (Å²) in [6.07, 6.45) is 0. The van der Waals surface area contributed by atoms with E-state index < -0.39 is 0 Å². The predicted molar refractivity (Wildman–Crippen MR) is 52.1 cm³/mol. The molecule has 2 heterocycles. The van der Waals surface area contributed by atoms with Crippen molar-refractivity contribution in [3.05, 3.63) is 32.9 Å². The monoisotopic (exact) mass is 199 g/mol. The van der Waals surface area contributed by atoms with E-state index in [-0.39, 0.29) is 5.56 Å². The number of aromatic nitrogens is 1. The van der Waals surface area contributed by atoms with Gasteiger partial charge in [-0.3, -0.25) is 4.79 Å². The summed E-state index contributed by atoms with van der Waals surface area (Å²) in [5.41, 5.74) is 0.836. The van der Waals surface area contributed by atoms with Crippen LogP contribution in [0.4, 0.5) is 0 Å². The Kier molecular flexibility index (Phi) is 1.70. The van der Waals surface area contributed by atoms with Gasteiger partial charge in [0.15, 0.2) is 0 Å². The zero-order valence-electron chi connectivity index (χ0n) is 6.37. The molecule has 0 bridgehead atoms. The van der Waals surface area contributed by atoms with Crippen molar-refractivity contribution in [1.29, 1.82) is 0 Å². The number of nitrogens with zero attached hydrogens (tertiary/aromatic N) is 1. The van der Waals surface area contributed by atoms with Gasteiger partial charge < -0.3 is 4.57 Å². The van der Waals surface area contributed by atoms with E-state index in [0.29, 0.717) is 5.02 Å². The number of halogens is 1. The fraction of sp³-hybridized carbons (Fsp3) is 0.125. The Balaban J connectivity index is 3.07. The lowest BCUT2D eigenvalue weighted by atomic mass is 10.4. The molecule has 2 nitrogen and oxygen atoms in total. The molecule has 0 aromatic carbocycles. The normalized spacial score (nSPS) is 10.8. The molecule has 0 spiro atoms. The van der Waals surface area contributed by atoms with Crippen molar-refractivity contribution in [2.75, 3.05) is 0 Å². The Labute approximate surface area is 78.0 Å². The summed E-state index contributed by atoms with van der Waals surface area (Å²) >= 11 is 7.42. The van der Waals surface area contributed by atoms with Crippen molar-refractivity contribution in [3.63, 3.8) is 0 Å². The van der Waals surface area contributed by atoms with E-state index >= 15 is 0 Å². The largest absolute Gasteiger partial charge is 0.310 e. The Morgan fingerprint density at radius 1 is 1.58 bits per heavy atom. The fourth-order valence-corrected chi connectivity index (χ4v) is 2.29. The Morgan fingerprint density at radius 2 is 2.33 bits per heavy atom. The van der Waals surface area contributed by atoms with E-state index in [0.717, 1.165) is 10.2 Å². The highest BCUT2D eigenvalue weighted by atomic mass is 35.5. The first-order valence-electron chi connectivity index (χ1n) is 3.43. The van der Waals surface area contributed by atoms with Gasteiger partial charge in [0.2, 0.25) is 0 Å². The first-order valence-corrected chi connectivity index (χ1v) is 4.68. The van der Waals surface area contributed by atoms with Crippen LogP contribution in [-0.2, 0) is 7.05 Å². The molecule has 0 aliphatic rings. The summed E-state index contributed by atoms with van der Waals surface area (Å²) in [7, 11) is 1.74. The SMILES string of the molecule is Cn1c(=O)cc(Cl)c2sccc21. The third kappa shape index (κ3) is 0.974. The second-order valence-electron chi connectivity index (χ2n) is 2.52. The summed E-state index contributed by atoms with van der Waals surface area (Å²) in [5.74, 6) is 0. The molecule has 0 aliphatic heterocycles. The van der Waals surface area contributed by atoms with Crippen molar-refractivity contribution in [2.24, 2.45) is 7.05 Å². The molecular formula is C8H6ClNOS. The highest BCUT2D eigenvalue weighted by Crippen LogP contribution is 2.25. The van der Waals surface area contributed by atoms with Crippen LogP contribution in [0.5, 0.6) is 0 Å². The van der Waals surface area contributed by atoms with Gasteiger partial charge in [0.05, 0.1) is 15.2 Å². The molecule has 0 unspecified atom stereocenters. The van der Waals surface area contributed by atoms with Crippen LogP contribution in [0.2, 0.25) is 5.02 Å². The van der Waals surface area contributed by atoms with Crippen LogP contribution in [0.1, 0.15) is 0 Å². The van der Waals surface area contributed by atoms with E-state index in [4.69, 9.17) is 11.6 Å². The topological polar surface area (TPSA) is 22.0 Å². The third-order valence-electron chi connectivity index (χ3n) is 1.80. The maximum Gasteiger partial charge on any atom is 0.252 e. The van der Waals surface area contributed by atoms with E-state index in [1.807, 2.05) is 11.4 Å². The first-order chi connectivity index (χ1) is 5.70. The van der Waals surface area contributed by atoms with Gasteiger partial charge in [-0.2, -0.15) is 0 Å². The highest BCUT2D eigenvalue weighted by Gasteiger charge is 2.04.